The molecule has 0 saturated heterocycles. The van der Waals surface area contributed by atoms with Crippen LogP contribution in [0.5, 0.6) is 0 Å². The lowest BCUT2D eigenvalue weighted by Crippen LogP contribution is -2.30. The van der Waals surface area contributed by atoms with E-state index >= 15 is 0 Å². The fraction of sp³-hybridized carbons (Fsp3) is 0.803. The molecule has 0 aliphatic carbocycles. The summed E-state index contributed by atoms with van der Waals surface area (Å²) in [5.41, 5.74) is 0. The lowest BCUT2D eigenvalue weighted by molar-refractivity contribution is -0.161. The van der Waals surface area contributed by atoms with Crippen LogP contribution in [0, 0.1) is 0 Å². The average Bonchev–Trinajstić information content (AvgIpc) is 3.43. The molecule has 0 heterocycles. The van der Waals surface area contributed by atoms with Gasteiger partial charge in [0.15, 0.2) is 6.10 Å². The van der Waals surface area contributed by atoms with Crippen molar-refractivity contribution in [3.05, 3.63) is 60.8 Å². The van der Waals surface area contributed by atoms with Crippen LogP contribution in [0.15, 0.2) is 60.8 Å². The molecule has 0 spiro atoms. The SMILES string of the molecule is CC/C=C\C/C=C\C/C=C\C/C=C\C/C=C\CCCCCC(=O)OC(COC(=O)CCCCCCCCCCCCCCCCC)COP(=O)(O)OCC(CO)OC(=O)CCCCCCCCCCCCCCCCCCC. The highest BCUT2D eigenvalue weighted by Crippen LogP contribution is 2.43. The summed E-state index contributed by atoms with van der Waals surface area (Å²) in [6.45, 7) is 4.56. The van der Waals surface area contributed by atoms with Gasteiger partial charge in [0.2, 0.25) is 0 Å². The fourth-order valence-electron chi connectivity index (χ4n) is 9.09. The molecule has 78 heavy (non-hydrogen) atoms. The molecule has 0 aromatic rings. The molecule has 454 valence electrons. The Bertz CT molecular complexity index is 1540. The van der Waals surface area contributed by atoms with Crippen molar-refractivity contribution in [2.75, 3.05) is 26.4 Å². The Kier molecular flexibility index (Phi) is 58.1. The van der Waals surface area contributed by atoms with Crippen molar-refractivity contribution in [2.24, 2.45) is 0 Å². The molecule has 0 saturated carbocycles. The lowest BCUT2D eigenvalue weighted by atomic mass is 10.0. The monoisotopic (exact) mass is 1120 g/mol. The molecule has 0 aromatic carbocycles. The number of carbonyl (C=O) groups is 3. The topological polar surface area (TPSA) is 155 Å². The summed E-state index contributed by atoms with van der Waals surface area (Å²) in [5, 5.41) is 9.85. The predicted octanol–water partition coefficient (Wildman–Crippen LogP) is 19.5. The second kappa shape index (κ2) is 60.3. The Morgan fingerprint density at radius 1 is 0.372 bits per heavy atom. The molecule has 0 fully saturated rings. The Morgan fingerprint density at radius 3 is 1.03 bits per heavy atom. The van der Waals surface area contributed by atoms with Crippen molar-refractivity contribution in [3.8, 4) is 0 Å². The van der Waals surface area contributed by atoms with Gasteiger partial charge >= 0.3 is 25.7 Å². The zero-order valence-electron chi connectivity index (χ0n) is 50.4. The van der Waals surface area contributed by atoms with E-state index in [9.17, 15) is 28.9 Å². The molecule has 11 nitrogen and oxygen atoms in total. The number of esters is 3. The van der Waals surface area contributed by atoms with Gasteiger partial charge in [-0.15, -0.1) is 0 Å². The molecule has 12 heteroatoms. The standard InChI is InChI=1S/C66H119O11P/c1-4-7-10-13-16-19-22-25-28-30-31-33-36-39-42-45-48-51-54-57-66(70)77-63(59-73-64(68)55-52-49-46-43-40-37-34-27-24-21-18-15-12-9-6-3)61-75-78(71,72)74-60-62(58-67)76-65(69)56-53-50-47-44-41-38-35-32-29-26-23-20-17-14-11-8-5-2/h7,10,16,19,25,28,31,33,39,42,62-63,67H,4-6,8-9,11-15,17-18,20-24,26-27,29-30,32,34-38,40-41,43-61H2,1-3H3,(H,71,72)/b10-7-,19-16-,28-25-,33-31-,42-39-. The second-order valence-electron chi connectivity index (χ2n) is 21.6. The quantitative estimate of drug-likeness (QED) is 0.0197. The van der Waals surface area contributed by atoms with E-state index < -0.39 is 57.8 Å². The van der Waals surface area contributed by atoms with Gasteiger partial charge in [-0.25, -0.2) is 4.57 Å². The van der Waals surface area contributed by atoms with Crippen molar-refractivity contribution in [1.29, 1.82) is 0 Å². The second-order valence-corrected chi connectivity index (χ2v) is 23.0. The Morgan fingerprint density at radius 2 is 0.667 bits per heavy atom. The van der Waals surface area contributed by atoms with Crippen molar-refractivity contribution < 1.29 is 52.2 Å². The maximum atomic E-state index is 12.9. The van der Waals surface area contributed by atoms with Crippen molar-refractivity contribution >= 4 is 25.7 Å². The number of rotatable bonds is 60. The molecule has 0 aliphatic rings. The van der Waals surface area contributed by atoms with E-state index in [1.54, 1.807) is 0 Å². The highest BCUT2D eigenvalue weighted by Gasteiger charge is 2.28. The van der Waals surface area contributed by atoms with Gasteiger partial charge in [-0.3, -0.25) is 23.4 Å². The first-order chi connectivity index (χ1) is 38.2. The van der Waals surface area contributed by atoms with Crippen LogP contribution >= 0.6 is 7.82 Å². The summed E-state index contributed by atoms with van der Waals surface area (Å²) in [5.74, 6) is -1.48. The minimum Gasteiger partial charge on any atom is -0.462 e. The van der Waals surface area contributed by atoms with E-state index in [1.165, 1.54) is 154 Å². The molecule has 0 amide bonds. The molecule has 0 rings (SSSR count). The van der Waals surface area contributed by atoms with E-state index in [1.807, 2.05) is 0 Å². The third-order valence-electron chi connectivity index (χ3n) is 14.0. The maximum Gasteiger partial charge on any atom is 0.472 e. The molecule has 2 N–H and O–H groups in total. The Balaban J connectivity index is 4.71. The number of ether oxygens (including phenoxy) is 3. The molecule has 0 aromatic heterocycles. The van der Waals surface area contributed by atoms with Crippen LogP contribution in [0.1, 0.15) is 303 Å². The summed E-state index contributed by atoms with van der Waals surface area (Å²) >= 11 is 0. The lowest BCUT2D eigenvalue weighted by Gasteiger charge is -2.21. The molecule has 0 bridgehead atoms. The van der Waals surface area contributed by atoms with Gasteiger partial charge in [-0.05, 0) is 64.2 Å². The number of phosphoric acid groups is 1. The predicted molar refractivity (Wildman–Crippen MR) is 325 cm³/mol. The number of hydrogen-bond acceptors (Lipinski definition) is 10. The van der Waals surface area contributed by atoms with E-state index in [2.05, 4.69) is 81.5 Å². The maximum absolute atomic E-state index is 12.9. The van der Waals surface area contributed by atoms with Crippen LogP contribution in [-0.4, -0.2) is 66.5 Å². The highest BCUT2D eigenvalue weighted by molar-refractivity contribution is 7.47. The van der Waals surface area contributed by atoms with Gasteiger partial charge in [-0.1, -0.05) is 281 Å². The number of carbonyl (C=O) groups excluding carboxylic acids is 3. The summed E-state index contributed by atoms with van der Waals surface area (Å²) in [6, 6.07) is 0. The normalized spacial score (nSPS) is 13.7. The third-order valence-corrected chi connectivity index (χ3v) is 14.9. The van der Waals surface area contributed by atoms with Gasteiger partial charge < -0.3 is 24.2 Å². The first kappa shape index (κ1) is 75.2. The van der Waals surface area contributed by atoms with Crippen LogP contribution in [0.25, 0.3) is 0 Å². The van der Waals surface area contributed by atoms with Crippen LogP contribution in [-0.2, 0) is 42.2 Å². The van der Waals surface area contributed by atoms with Gasteiger partial charge in [0.05, 0.1) is 19.8 Å². The van der Waals surface area contributed by atoms with E-state index in [-0.39, 0.29) is 25.9 Å². The van der Waals surface area contributed by atoms with E-state index in [0.29, 0.717) is 19.3 Å². The smallest absolute Gasteiger partial charge is 0.462 e. The van der Waals surface area contributed by atoms with Crippen molar-refractivity contribution in [1.82, 2.24) is 0 Å². The first-order valence-electron chi connectivity index (χ1n) is 32.2. The first-order valence-corrected chi connectivity index (χ1v) is 33.7. The minimum atomic E-state index is -4.76. The van der Waals surface area contributed by atoms with Crippen LogP contribution in [0.2, 0.25) is 0 Å². The number of phosphoric ester groups is 1. The van der Waals surface area contributed by atoms with Gasteiger partial charge in [0.25, 0.3) is 0 Å². The minimum absolute atomic E-state index is 0.131. The van der Waals surface area contributed by atoms with Crippen LogP contribution in [0.4, 0.5) is 0 Å². The largest absolute Gasteiger partial charge is 0.472 e. The molecule has 0 aliphatic heterocycles. The number of aliphatic hydroxyl groups is 1. The van der Waals surface area contributed by atoms with E-state index in [0.717, 1.165) is 89.9 Å². The Labute approximate surface area is 478 Å². The van der Waals surface area contributed by atoms with Crippen molar-refractivity contribution in [3.63, 3.8) is 0 Å². The molecule has 0 radical (unpaired) electrons. The fourth-order valence-corrected chi connectivity index (χ4v) is 9.88. The number of allylic oxidation sites excluding steroid dienone is 10. The van der Waals surface area contributed by atoms with Gasteiger partial charge in [0.1, 0.15) is 12.7 Å². The summed E-state index contributed by atoms with van der Waals surface area (Å²) in [6.07, 6.45) is 67.4. The zero-order valence-corrected chi connectivity index (χ0v) is 51.3. The Hall–Kier alpha value is -2.82. The van der Waals surface area contributed by atoms with Crippen LogP contribution in [0.3, 0.4) is 0 Å². The molecule has 3 atom stereocenters. The van der Waals surface area contributed by atoms with Gasteiger partial charge in [-0.2, -0.15) is 0 Å². The zero-order chi connectivity index (χ0) is 56.9. The number of hydrogen-bond donors (Lipinski definition) is 2. The average molecular weight is 1120 g/mol. The molecular formula is C66H119O11P. The van der Waals surface area contributed by atoms with Gasteiger partial charge in [0, 0.05) is 19.3 Å². The van der Waals surface area contributed by atoms with E-state index in [4.69, 9.17) is 23.3 Å². The number of aliphatic hydroxyl groups excluding tert-OH is 1. The summed E-state index contributed by atoms with van der Waals surface area (Å²) in [7, 11) is -4.76. The summed E-state index contributed by atoms with van der Waals surface area (Å²) in [4.78, 5) is 48.7. The molecule has 3 unspecified atom stereocenters. The highest BCUT2D eigenvalue weighted by atomic mass is 31.2. The van der Waals surface area contributed by atoms with Crippen LogP contribution < -0.4 is 0 Å². The third kappa shape index (κ3) is 57.9. The van der Waals surface area contributed by atoms with Crippen molar-refractivity contribution in [2.45, 2.75) is 315 Å². The molecular weight excluding hydrogens is 1000 g/mol. The summed E-state index contributed by atoms with van der Waals surface area (Å²) < 4.78 is 39.7. The number of unbranched alkanes of at least 4 members (excludes halogenated alkanes) is 33.